The van der Waals surface area contributed by atoms with Gasteiger partial charge in [-0.05, 0) is 16.8 Å². The van der Waals surface area contributed by atoms with Gasteiger partial charge in [0, 0.05) is 22.7 Å². The second-order valence-corrected chi connectivity index (χ2v) is 4.48. The Morgan fingerprint density at radius 1 is 1.31 bits per heavy atom. The van der Waals surface area contributed by atoms with Crippen molar-refractivity contribution >= 4 is 21.4 Å². The summed E-state index contributed by atoms with van der Waals surface area (Å²) in [5.74, 6) is 0.584. The van der Waals surface area contributed by atoms with Crippen molar-refractivity contribution in [3.8, 4) is 0 Å². The summed E-state index contributed by atoms with van der Waals surface area (Å²) in [5.41, 5.74) is 0.905. The van der Waals surface area contributed by atoms with Crippen LogP contribution in [0.1, 0.15) is 17.5 Å². The lowest BCUT2D eigenvalue weighted by molar-refractivity contribution is 0.213. The standard InChI is InChI=1S/C12H10N2OS/c15-10(12-13-5-6-14-12)9-3-1-2-8-4-7-16-11(8)9/h1-7,10,15H,(H,13,14). The second kappa shape index (κ2) is 3.73. The van der Waals surface area contributed by atoms with Gasteiger partial charge in [0.25, 0.3) is 0 Å². The van der Waals surface area contributed by atoms with Crippen molar-refractivity contribution in [3.63, 3.8) is 0 Å². The molecule has 0 aliphatic heterocycles. The number of thiophene rings is 1. The maximum absolute atomic E-state index is 10.2. The van der Waals surface area contributed by atoms with Crippen molar-refractivity contribution in [2.75, 3.05) is 0 Å². The summed E-state index contributed by atoms with van der Waals surface area (Å²) in [7, 11) is 0. The Balaban J connectivity index is 2.15. The molecule has 3 aromatic rings. The zero-order valence-electron chi connectivity index (χ0n) is 8.42. The van der Waals surface area contributed by atoms with Crippen LogP contribution < -0.4 is 0 Å². The Kier molecular flexibility index (Phi) is 2.23. The van der Waals surface area contributed by atoms with E-state index in [0.29, 0.717) is 5.82 Å². The number of aromatic nitrogens is 2. The molecule has 0 aliphatic carbocycles. The van der Waals surface area contributed by atoms with E-state index in [1.54, 1.807) is 23.7 Å². The van der Waals surface area contributed by atoms with E-state index in [4.69, 9.17) is 0 Å². The van der Waals surface area contributed by atoms with E-state index in [1.807, 2.05) is 23.6 Å². The van der Waals surface area contributed by atoms with Gasteiger partial charge in [-0.2, -0.15) is 0 Å². The Morgan fingerprint density at radius 2 is 2.25 bits per heavy atom. The van der Waals surface area contributed by atoms with E-state index in [-0.39, 0.29) is 0 Å². The Morgan fingerprint density at radius 3 is 3.06 bits per heavy atom. The fourth-order valence-corrected chi connectivity index (χ4v) is 2.74. The number of fused-ring (bicyclic) bond motifs is 1. The molecule has 0 saturated carbocycles. The van der Waals surface area contributed by atoms with E-state index >= 15 is 0 Å². The monoisotopic (exact) mass is 230 g/mol. The molecule has 2 heterocycles. The number of nitrogens with one attached hydrogen (secondary N) is 1. The van der Waals surface area contributed by atoms with Gasteiger partial charge < -0.3 is 10.1 Å². The number of H-pyrrole nitrogens is 1. The fourth-order valence-electron chi connectivity index (χ4n) is 1.81. The topological polar surface area (TPSA) is 48.9 Å². The van der Waals surface area contributed by atoms with Crippen LogP contribution in [0.5, 0.6) is 0 Å². The highest BCUT2D eigenvalue weighted by atomic mass is 32.1. The first-order valence-corrected chi connectivity index (χ1v) is 5.87. The lowest BCUT2D eigenvalue weighted by Gasteiger charge is -2.09. The number of aliphatic hydroxyl groups is 1. The molecule has 0 spiro atoms. The summed E-state index contributed by atoms with van der Waals surface area (Å²) < 4.78 is 1.12. The molecule has 2 aromatic heterocycles. The number of rotatable bonds is 2. The smallest absolute Gasteiger partial charge is 0.139 e. The molecular formula is C12H10N2OS. The quantitative estimate of drug-likeness (QED) is 0.711. The molecule has 0 radical (unpaired) electrons. The number of imidazole rings is 1. The molecule has 0 saturated heterocycles. The van der Waals surface area contributed by atoms with Crippen molar-refractivity contribution in [1.29, 1.82) is 0 Å². The summed E-state index contributed by atoms with van der Waals surface area (Å²) >= 11 is 1.64. The highest BCUT2D eigenvalue weighted by Gasteiger charge is 2.15. The first-order valence-electron chi connectivity index (χ1n) is 5.00. The Hall–Kier alpha value is -1.65. The van der Waals surface area contributed by atoms with Gasteiger partial charge in [0.1, 0.15) is 11.9 Å². The van der Waals surface area contributed by atoms with Crippen LogP contribution >= 0.6 is 11.3 Å². The molecule has 1 unspecified atom stereocenters. The first kappa shape index (κ1) is 9.57. The number of aliphatic hydroxyl groups excluding tert-OH is 1. The average molecular weight is 230 g/mol. The minimum Gasteiger partial charge on any atom is -0.380 e. The number of benzene rings is 1. The maximum atomic E-state index is 10.2. The lowest BCUT2D eigenvalue weighted by Crippen LogP contribution is -2.01. The molecule has 4 heteroatoms. The normalized spacial score (nSPS) is 13.1. The molecule has 3 rings (SSSR count). The molecule has 3 nitrogen and oxygen atoms in total. The molecule has 0 bridgehead atoms. The van der Waals surface area contributed by atoms with Crippen molar-refractivity contribution in [3.05, 3.63) is 53.4 Å². The molecular weight excluding hydrogens is 220 g/mol. The van der Waals surface area contributed by atoms with Gasteiger partial charge in [-0.1, -0.05) is 18.2 Å². The fraction of sp³-hybridized carbons (Fsp3) is 0.0833. The zero-order valence-corrected chi connectivity index (χ0v) is 9.24. The minimum absolute atomic E-state index is 0.584. The number of aromatic amines is 1. The number of hydrogen-bond donors (Lipinski definition) is 2. The van der Waals surface area contributed by atoms with Gasteiger partial charge in [-0.25, -0.2) is 4.98 Å². The van der Waals surface area contributed by atoms with Gasteiger partial charge >= 0.3 is 0 Å². The van der Waals surface area contributed by atoms with Crippen LogP contribution in [0.4, 0.5) is 0 Å². The Bertz CT molecular complexity index is 600. The average Bonchev–Trinajstić information content (AvgIpc) is 2.98. The van der Waals surface area contributed by atoms with Crippen LogP contribution in [0.2, 0.25) is 0 Å². The summed E-state index contributed by atoms with van der Waals surface area (Å²) in [5, 5.41) is 13.4. The number of hydrogen-bond acceptors (Lipinski definition) is 3. The third-order valence-corrected chi connectivity index (χ3v) is 3.56. The predicted molar refractivity (Wildman–Crippen MR) is 64.5 cm³/mol. The van der Waals surface area contributed by atoms with Gasteiger partial charge in [0.05, 0.1) is 0 Å². The van der Waals surface area contributed by atoms with Crippen LogP contribution in [-0.4, -0.2) is 15.1 Å². The van der Waals surface area contributed by atoms with Crippen LogP contribution in [-0.2, 0) is 0 Å². The highest BCUT2D eigenvalue weighted by Crippen LogP contribution is 2.30. The largest absolute Gasteiger partial charge is 0.380 e. The van der Waals surface area contributed by atoms with E-state index in [2.05, 4.69) is 16.0 Å². The highest BCUT2D eigenvalue weighted by molar-refractivity contribution is 7.17. The molecule has 1 aromatic carbocycles. The third kappa shape index (κ3) is 1.43. The van der Waals surface area contributed by atoms with Crippen LogP contribution in [0, 0.1) is 0 Å². The summed E-state index contributed by atoms with van der Waals surface area (Å²) in [6, 6.07) is 7.99. The van der Waals surface area contributed by atoms with Crippen molar-refractivity contribution in [2.45, 2.75) is 6.10 Å². The van der Waals surface area contributed by atoms with E-state index in [9.17, 15) is 5.11 Å². The van der Waals surface area contributed by atoms with Gasteiger partial charge in [0.15, 0.2) is 0 Å². The maximum Gasteiger partial charge on any atom is 0.139 e. The van der Waals surface area contributed by atoms with Crippen LogP contribution in [0.3, 0.4) is 0 Å². The van der Waals surface area contributed by atoms with Gasteiger partial charge in [-0.3, -0.25) is 0 Å². The molecule has 80 valence electrons. The molecule has 16 heavy (non-hydrogen) atoms. The number of nitrogens with zero attached hydrogens (tertiary/aromatic N) is 1. The summed E-state index contributed by atoms with van der Waals surface area (Å²) in [6.07, 6.45) is 2.68. The van der Waals surface area contributed by atoms with Crippen LogP contribution in [0.25, 0.3) is 10.1 Å². The zero-order chi connectivity index (χ0) is 11.0. The Labute approximate surface area is 96.4 Å². The second-order valence-electron chi connectivity index (χ2n) is 3.56. The lowest BCUT2D eigenvalue weighted by atomic mass is 10.1. The van der Waals surface area contributed by atoms with E-state index in [0.717, 1.165) is 15.6 Å². The van der Waals surface area contributed by atoms with E-state index < -0.39 is 6.10 Å². The van der Waals surface area contributed by atoms with Crippen molar-refractivity contribution in [1.82, 2.24) is 9.97 Å². The molecule has 1 atom stereocenters. The predicted octanol–water partition coefficient (Wildman–Crippen LogP) is 2.71. The van der Waals surface area contributed by atoms with Crippen molar-refractivity contribution < 1.29 is 5.11 Å². The minimum atomic E-state index is -0.683. The molecule has 0 aliphatic rings. The van der Waals surface area contributed by atoms with Crippen LogP contribution in [0.15, 0.2) is 42.0 Å². The van der Waals surface area contributed by atoms with Crippen molar-refractivity contribution in [2.24, 2.45) is 0 Å². The summed E-state index contributed by atoms with van der Waals surface area (Å²) in [4.78, 5) is 7.02. The van der Waals surface area contributed by atoms with Gasteiger partial charge in [-0.15, -0.1) is 11.3 Å². The van der Waals surface area contributed by atoms with E-state index in [1.165, 1.54) is 0 Å². The van der Waals surface area contributed by atoms with Gasteiger partial charge in [0.2, 0.25) is 0 Å². The first-order chi connectivity index (χ1) is 7.86. The molecule has 0 amide bonds. The summed E-state index contributed by atoms with van der Waals surface area (Å²) in [6.45, 7) is 0. The molecule has 0 fully saturated rings. The molecule has 2 N–H and O–H groups in total. The SMILES string of the molecule is OC(c1ncc[nH]1)c1cccc2ccsc12. The third-order valence-electron chi connectivity index (χ3n) is 2.58.